The van der Waals surface area contributed by atoms with Gasteiger partial charge in [-0.3, -0.25) is 14.4 Å². The molecule has 2 atom stereocenters. The lowest BCUT2D eigenvalue weighted by Crippen LogP contribution is -2.57. The van der Waals surface area contributed by atoms with E-state index in [4.69, 9.17) is 0 Å². The van der Waals surface area contributed by atoms with Gasteiger partial charge in [-0.1, -0.05) is 6.92 Å². The Morgan fingerprint density at radius 1 is 1.25 bits per heavy atom. The summed E-state index contributed by atoms with van der Waals surface area (Å²) in [5, 5.41) is 9.86. The summed E-state index contributed by atoms with van der Waals surface area (Å²) in [5.41, 5.74) is 2.79. The zero-order valence-electron chi connectivity index (χ0n) is 16.6. The smallest absolute Gasteiger partial charge is 0.354 e. The number of piperazine rings is 1. The van der Waals surface area contributed by atoms with Crippen LogP contribution < -0.4 is 10.6 Å². The van der Waals surface area contributed by atoms with Gasteiger partial charge in [0.15, 0.2) is 0 Å². The molecule has 1 amide bonds. The van der Waals surface area contributed by atoms with Crippen molar-refractivity contribution in [2.75, 3.05) is 32.7 Å². The van der Waals surface area contributed by atoms with E-state index in [-0.39, 0.29) is 30.7 Å². The molecule has 2 N–H and O–H groups in total. The van der Waals surface area contributed by atoms with Crippen LogP contribution >= 0.6 is 24.8 Å². The first-order valence-corrected chi connectivity index (χ1v) is 8.89. The number of carbonyl (C=O) groups is 1. The third kappa shape index (κ3) is 6.79. The van der Waals surface area contributed by atoms with Crippen molar-refractivity contribution in [2.45, 2.75) is 39.4 Å². The van der Waals surface area contributed by atoms with E-state index in [0.717, 1.165) is 17.0 Å². The molecule has 164 valence electrons. The number of alkyl halides is 3. The molecule has 11 heteroatoms. The molecule has 2 heterocycles. The normalized spacial score (nSPS) is 17.2. The van der Waals surface area contributed by atoms with Crippen LogP contribution in [0.5, 0.6) is 0 Å². The van der Waals surface area contributed by atoms with E-state index in [1.807, 2.05) is 20.9 Å². The molecule has 1 aromatic heterocycles. The number of rotatable bonds is 6. The van der Waals surface area contributed by atoms with Gasteiger partial charge < -0.3 is 10.6 Å². The van der Waals surface area contributed by atoms with Gasteiger partial charge in [0.25, 0.3) is 0 Å². The van der Waals surface area contributed by atoms with E-state index in [1.54, 1.807) is 11.6 Å². The van der Waals surface area contributed by atoms with Crippen molar-refractivity contribution >= 4 is 30.7 Å². The lowest BCUT2D eigenvalue weighted by atomic mass is 9.98. The first kappa shape index (κ1) is 27.0. The fourth-order valence-electron chi connectivity index (χ4n) is 3.33. The molecule has 1 aliphatic rings. The van der Waals surface area contributed by atoms with Crippen LogP contribution in [0.25, 0.3) is 0 Å². The monoisotopic (exact) mass is 447 g/mol. The number of nitrogens with one attached hydrogen (secondary N) is 2. The van der Waals surface area contributed by atoms with Crippen LogP contribution in [0.15, 0.2) is 0 Å². The van der Waals surface area contributed by atoms with E-state index in [1.165, 1.54) is 4.90 Å². The van der Waals surface area contributed by atoms with Crippen LogP contribution in [0.1, 0.15) is 23.9 Å². The Hall–Kier alpha value is -1.03. The molecule has 0 bridgehead atoms. The second kappa shape index (κ2) is 11.2. The Morgan fingerprint density at radius 3 is 2.29 bits per heavy atom. The predicted molar refractivity (Wildman–Crippen MR) is 107 cm³/mol. The predicted octanol–water partition coefficient (Wildman–Crippen LogP) is 2.01. The van der Waals surface area contributed by atoms with E-state index in [9.17, 15) is 18.0 Å². The van der Waals surface area contributed by atoms with E-state index in [2.05, 4.69) is 15.7 Å². The van der Waals surface area contributed by atoms with Crippen LogP contribution in [0, 0.1) is 19.8 Å². The summed E-state index contributed by atoms with van der Waals surface area (Å²) in [4.78, 5) is 13.7. The van der Waals surface area contributed by atoms with Crippen molar-refractivity contribution in [3.8, 4) is 0 Å². The number of halogens is 5. The molecule has 0 saturated carbocycles. The van der Waals surface area contributed by atoms with E-state index in [0.29, 0.717) is 32.6 Å². The Labute approximate surface area is 176 Å². The van der Waals surface area contributed by atoms with Crippen molar-refractivity contribution in [2.24, 2.45) is 13.0 Å². The molecule has 2 unspecified atom stereocenters. The zero-order chi connectivity index (χ0) is 19.5. The van der Waals surface area contributed by atoms with Crippen molar-refractivity contribution in [1.82, 2.24) is 25.3 Å². The maximum absolute atomic E-state index is 13.4. The number of hydrogen-bond acceptors (Lipinski definition) is 4. The van der Waals surface area contributed by atoms with Crippen LogP contribution in [0.3, 0.4) is 0 Å². The second-order valence-corrected chi connectivity index (χ2v) is 6.97. The van der Waals surface area contributed by atoms with Crippen LogP contribution in [-0.4, -0.2) is 65.5 Å². The number of amides is 1. The average molecular weight is 448 g/mol. The Bertz CT molecular complexity index is 633. The molecule has 2 rings (SSSR count). The fraction of sp³-hybridized carbons (Fsp3) is 0.765. The first-order chi connectivity index (χ1) is 12.1. The topological polar surface area (TPSA) is 62.2 Å². The summed E-state index contributed by atoms with van der Waals surface area (Å²) in [6, 6.07) is -1.65. The number of aromatic nitrogens is 2. The molecule has 1 fully saturated rings. The molecule has 1 saturated heterocycles. The molecule has 0 aromatic carbocycles. The zero-order valence-corrected chi connectivity index (χ0v) is 18.2. The highest BCUT2D eigenvalue weighted by Gasteiger charge is 2.43. The molecule has 6 nitrogen and oxygen atoms in total. The highest BCUT2D eigenvalue weighted by Crippen LogP contribution is 2.25. The maximum atomic E-state index is 13.4. The summed E-state index contributed by atoms with van der Waals surface area (Å²) in [6.07, 6.45) is -3.91. The highest BCUT2D eigenvalue weighted by atomic mass is 35.5. The fourth-order valence-corrected chi connectivity index (χ4v) is 3.33. The van der Waals surface area contributed by atoms with Gasteiger partial charge in [-0.25, -0.2) is 0 Å². The maximum Gasteiger partial charge on any atom is 0.405 e. The molecule has 0 aliphatic carbocycles. The summed E-state index contributed by atoms with van der Waals surface area (Å²) < 4.78 is 41.9. The quantitative estimate of drug-likeness (QED) is 0.699. The largest absolute Gasteiger partial charge is 0.405 e. The van der Waals surface area contributed by atoms with Gasteiger partial charge in [0.2, 0.25) is 5.91 Å². The standard InChI is InChI=1S/C17H28F3N5O.2ClH/c1-11(9-14-12(2)23-24(4)13(14)3)16(26)22-10-15(17(18,19)20)25-7-5-21-6-8-25;;/h11,15,21H,5-10H2,1-4H3,(H,22,26);2*1H. The summed E-state index contributed by atoms with van der Waals surface area (Å²) in [6.45, 7) is 6.80. The summed E-state index contributed by atoms with van der Waals surface area (Å²) in [5.74, 6) is -0.787. The van der Waals surface area contributed by atoms with Crippen molar-refractivity contribution in [3.63, 3.8) is 0 Å². The third-order valence-corrected chi connectivity index (χ3v) is 5.06. The summed E-state index contributed by atoms with van der Waals surface area (Å²) in [7, 11) is 1.83. The van der Waals surface area contributed by atoms with E-state index < -0.39 is 24.7 Å². The highest BCUT2D eigenvalue weighted by molar-refractivity contribution is 5.85. The average Bonchev–Trinajstić information content (AvgIpc) is 2.80. The number of nitrogens with zero attached hydrogens (tertiary/aromatic N) is 3. The van der Waals surface area contributed by atoms with Gasteiger partial charge in [-0.2, -0.15) is 18.3 Å². The molecule has 0 radical (unpaired) electrons. The van der Waals surface area contributed by atoms with Crippen LogP contribution in [0.2, 0.25) is 0 Å². The molecular weight excluding hydrogens is 418 g/mol. The Balaban J connectivity index is 0.00000364. The van der Waals surface area contributed by atoms with Gasteiger partial charge in [-0.05, 0) is 25.8 Å². The number of aryl methyl sites for hydroxylation is 2. The van der Waals surface area contributed by atoms with Gasteiger partial charge in [0.1, 0.15) is 6.04 Å². The van der Waals surface area contributed by atoms with Crippen LogP contribution in [0.4, 0.5) is 13.2 Å². The van der Waals surface area contributed by atoms with E-state index >= 15 is 0 Å². The minimum atomic E-state index is -4.37. The minimum absolute atomic E-state index is 0. The van der Waals surface area contributed by atoms with Gasteiger partial charge in [-0.15, -0.1) is 24.8 Å². The number of hydrogen-bond donors (Lipinski definition) is 2. The van der Waals surface area contributed by atoms with Gasteiger partial charge in [0.05, 0.1) is 5.69 Å². The van der Waals surface area contributed by atoms with Crippen molar-refractivity contribution < 1.29 is 18.0 Å². The molecular formula is C17H30Cl2F3N5O. The molecule has 1 aromatic rings. The lowest BCUT2D eigenvalue weighted by molar-refractivity contribution is -0.184. The van der Waals surface area contributed by atoms with Crippen molar-refractivity contribution in [3.05, 3.63) is 17.0 Å². The second-order valence-electron chi connectivity index (χ2n) is 6.97. The molecule has 0 spiro atoms. The Morgan fingerprint density at radius 2 is 1.82 bits per heavy atom. The minimum Gasteiger partial charge on any atom is -0.354 e. The van der Waals surface area contributed by atoms with Gasteiger partial charge >= 0.3 is 6.18 Å². The Kier molecular flexibility index (Phi) is 10.8. The third-order valence-electron chi connectivity index (χ3n) is 5.06. The summed E-state index contributed by atoms with van der Waals surface area (Å²) >= 11 is 0. The molecule has 1 aliphatic heterocycles. The van der Waals surface area contributed by atoms with Crippen molar-refractivity contribution in [1.29, 1.82) is 0 Å². The molecule has 28 heavy (non-hydrogen) atoms. The van der Waals surface area contributed by atoms with Gasteiger partial charge in [0, 0.05) is 51.4 Å². The lowest BCUT2D eigenvalue weighted by Gasteiger charge is -2.36. The SMILES string of the molecule is Cc1nn(C)c(C)c1CC(C)C(=O)NCC(N1CCNCC1)C(F)(F)F.Cl.Cl. The first-order valence-electron chi connectivity index (χ1n) is 8.89. The number of carbonyl (C=O) groups excluding carboxylic acids is 1. The van der Waals surface area contributed by atoms with Crippen LogP contribution in [-0.2, 0) is 18.3 Å².